The lowest BCUT2D eigenvalue weighted by Gasteiger charge is -2.38. The average Bonchev–Trinajstić information content (AvgIpc) is 3.18. The Labute approximate surface area is 211 Å². The van der Waals surface area contributed by atoms with E-state index in [1.807, 2.05) is 12.1 Å². The summed E-state index contributed by atoms with van der Waals surface area (Å²) in [6.07, 6.45) is 7.05. The predicted molar refractivity (Wildman–Crippen MR) is 130 cm³/mol. The number of benzene rings is 1. The van der Waals surface area contributed by atoms with Gasteiger partial charge in [0.25, 0.3) is 5.91 Å². The third-order valence-corrected chi connectivity index (χ3v) is 8.16. The molecule has 2 aliphatic carbocycles. The van der Waals surface area contributed by atoms with Crippen molar-refractivity contribution in [1.29, 1.82) is 0 Å². The number of aliphatic hydroxyl groups is 1. The van der Waals surface area contributed by atoms with E-state index in [-0.39, 0.29) is 37.1 Å². The smallest absolute Gasteiger partial charge is 0.255 e. The Morgan fingerprint density at radius 3 is 2.50 bits per heavy atom. The lowest BCUT2D eigenvalue weighted by Crippen LogP contribution is -2.52. The topological polar surface area (TPSA) is 98.7 Å². The van der Waals surface area contributed by atoms with Crippen molar-refractivity contribution in [3.05, 3.63) is 34.9 Å². The van der Waals surface area contributed by atoms with Crippen molar-refractivity contribution in [2.24, 2.45) is 5.92 Å². The van der Waals surface area contributed by atoms with E-state index < -0.39 is 17.9 Å². The zero-order valence-corrected chi connectivity index (χ0v) is 20.9. The molecule has 3 fully saturated rings. The summed E-state index contributed by atoms with van der Waals surface area (Å²) in [5.41, 5.74) is 2.74. The van der Waals surface area contributed by atoms with Crippen molar-refractivity contribution in [1.82, 2.24) is 15.5 Å². The van der Waals surface area contributed by atoms with E-state index in [1.165, 1.54) is 12.0 Å². The molecule has 0 aromatic heterocycles. The van der Waals surface area contributed by atoms with E-state index in [1.54, 1.807) is 4.90 Å². The summed E-state index contributed by atoms with van der Waals surface area (Å²) in [6, 6.07) is 5.87. The van der Waals surface area contributed by atoms with Crippen LogP contribution in [0.4, 0.5) is 8.78 Å². The Bertz CT molecular complexity index is 976. The molecule has 1 saturated heterocycles. The Hall–Kier alpha value is -2.39. The molecule has 198 valence electrons. The van der Waals surface area contributed by atoms with Crippen LogP contribution in [0.2, 0.25) is 0 Å². The molecule has 9 heteroatoms. The number of carbonyl (C=O) groups excluding carboxylic acids is 3. The summed E-state index contributed by atoms with van der Waals surface area (Å²) in [7, 11) is 1.00. The maximum atomic E-state index is 13.5. The first-order valence-electron chi connectivity index (χ1n) is 13.1. The van der Waals surface area contributed by atoms with Crippen molar-refractivity contribution < 1.29 is 28.3 Å². The zero-order valence-electron chi connectivity index (χ0n) is 20.9. The molecular weight excluding hydrogens is 468 g/mol. The number of alkyl halides is 2. The molecule has 3 amide bonds. The first kappa shape index (κ1) is 26.7. The Morgan fingerprint density at radius 2 is 1.78 bits per heavy atom. The maximum Gasteiger partial charge on any atom is 0.255 e. The van der Waals surface area contributed by atoms with Gasteiger partial charge in [0.2, 0.25) is 17.7 Å². The van der Waals surface area contributed by atoms with Crippen LogP contribution in [0.5, 0.6) is 0 Å². The van der Waals surface area contributed by atoms with E-state index in [0.717, 1.165) is 38.4 Å². The first-order valence-corrected chi connectivity index (χ1v) is 13.1. The molecule has 3 N–H and O–H groups in total. The lowest BCUT2D eigenvalue weighted by molar-refractivity contribution is -0.136. The van der Waals surface area contributed by atoms with Gasteiger partial charge in [-0.05, 0) is 61.6 Å². The van der Waals surface area contributed by atoms with Crippen molar-refractivity contribution in [2.45, 2.75) is 101 Å². The molecule has 3 atom stereocenters. The van der Waals surface area contributed by atoms with Crippen LogP contribution in [0.15, 0.2) is 18.2 Å². The van der Waals surface area contributed by atoms with Crippen LogP contribution >= 0.6 is 0 Å². The number of carbonyl (C=O) groups is 3. The maximum absolute atomic E-state index is 13.5. The van der Waals surface area contributed by atoms with Crippen molar-refractivity contribution in [3.8, 4) is 0 Å². The molecule has 1 unspecified atom stereocenters. The predicted octanol–water partition coefficient (Wildman–Crippen LogP) is 3.32. The Balaban J connectivity index is 0.00000148. The number of aliphatic hydroxyl groups excluding tert-OH is 1. The summed E-state index contributed by atoms with van der Waals surface area (Å²) >= 11 is 0. The second-order valence-electron chi connectivity index (χ2n) is 10.5. The number of amides is 3. The van der Waals surface area contributed by atoms with Gasteiger partial charge in [0, 0.05) is 50.6 Å². The molecule has 1 aromatic rings. The summed E-state index contributed by atoms with van der Waals surface area (Å²) < 4.78 is 27.1. The molecule has 2 saturated carbocycles. The zero-order chi connectivity index (χ0) is 25.9. The standard InChI is InChI=1S/C26H33F2N3O3.CH4O/c27-26(28)11-9-19(10-12-26)29-21-4-2-1-3-17(21)13-16-5-6-20-18(14-16)15-31(25(20)34)22-7-8-23(32)30-24(22)33;1-2/h5-6,14,17,19,21-22,29H,1-4,7-13,15H2,(H,30,32,33);2H,1H3/t17-,21+,22?;/m1./s1. The second-order valence-corrected chi connectivity index (χ2v) is 10.5. The minimum absolute atomic E-state index is 0.0232. The van der Waals surface area contributed by atoms with Crippen LogP contribution in [-0.2, 0) is 22.6 Å². The number of nitrogens with one attached hydrogen (secondary N) is 2. The minimum atomic E-state index is -2.51. The van der Waals surface area contributed by atoms with Gasteiger partial charge in [-0.1, -0.05) is 25.0 Å². The molecule has 0 bridgehead atoms. The fourth-order valence-electron chi connectivity index (χ4n) is 6.24. The van der Waals surface area contributed by atoms with Gasteiger partial charge in [-0.15, -0.1) is 0 Å². The van der Waals surface area contributed by atoms with Gasteiger partial charge in [-0.25, -0.2) is 8.78 Å². The van der Waals surface area contributed by atoms with Gasteiger partial charge in [0.15, 0.2) is 0 Å². The fraction of sp³-hybridized carbons (Fsp3) is 0.667. The van der Waals surface area contributed by atoms with Gasteiger partial charge in [-0.2, -0.15) is 0 Å². The number of rotatable bonds is 5. The SMILES string of the molecule is CO.O=C1CCC(N2Cc3cc(C[C@H]4CCCC[C@@H]4NC4CCC(F)(F)CC4)ccc3C2=O)C(=O)N1. The molecule has 7 nitrogen and oxygen atoms in total. The normalized spacial score (nSPS) is 28.3. The number of fused-ring (bicyclic) bond motifs is 1. The average molecular weight is 506 g/mol. The van der Waals surface area contributed by atoms with Crippen LogP contribution < -0.4 is 10.6 Å². The minimum Gasteiger partial charge on any atom is -0.400 e. The molecule has 4 aliphatic rings. The molecule has 1 aromatic carbocycles. The van der Waals surface area contributed by atoms with E-state index in [0.29, 0.717) is 43.3 Å². The number of imide groups is 1. The van der Waals surface area contributed by atoms with Gasteiger partial charge in [0.1, 0.15) is 6.04 Å². The third kappa shape index (κ3) is 5.94. The van der Waals surface area contributed by atoms with Gasteiger partial charge >= 0.3 is 0 Å². The summed E-state index contributed by atoms with van der Waals surface area (Å²) in [4.78, 5) is 38.3. The fourth-order valence-corrected chi connectivity index (χ4v) is 6.24. The molecule has 36 heavy (non-hydrogen) atoms. The van der Waals surface area contributed by atoms with Crippen LogP contribution in [0, 0.1) is 5.92 Å². The van der Waals surface area contributed by atoms with Gasteiger partial charge < -0.3 is 15.3 Å². The number of piperidine rings is 1. The van der Waals surface area contributed by atoms with Crippen LogP contribution in [0.1, 0.15) is 85.7 Å². The molecule has 0 radical (unpaired) electrons. The van der Waals surface area contributed by atoms with Gasteiger partial charge in [0.05, 0.1) is 0 Å². The quantitative estimate of drug-likeness (QED) is 0.534. The van der Waals surface area contributed by atoms with Crippen molar-refractivity contribution >= 4 is 17.7 Å². The van der Waals surface area contributed by atoms with Crippen LogP contribution in [0.25, 0.3) is 0 Å². The van der Waals surface area contributed by atoms with E-state index in [4.69, 9.17) is 5.11 Å². The highest BCUT2D eigenvalue weighted by Gasteiger charge is 2.40. The van der Waals surface area contributed by atoms with Crippen molar-refractivity contribution in [2.75, 3.05) is 7.11 Å². The first-order chi connectivity index (χ1) is 17.3. The lowest BCUT2D eigenvalue weighted by atomic mass is 9.79. The number of halogens is 2. The van der Waals surface area contributed by atoms with Gasteiger partial charge in [-0.3, -0.25) is 19.7 Å². The van der Waals surface area contributed by atoms with E-state index in [9.17, 15) is 23.2 Å². The van der Waals surface area contributed by atoms with Crippen LogP contribution in [-0.4, -0.2) is 58.9 Å². The highest BCUT2D eigenvalue weighted by atomic mass is 19.3. The highest BCUT2D eigenvalue weighted by Crippen LogP contribution is 2.36. The summed E-state index contributed by atoms with van der Waals surface area (Å²) in [6.45, 7) is 0.386. The monoisotopic (exact) mass is 505 g/mol. The highest BCUT2D eigenvalue weighted by molar-refractivity contribution is 6.05. The number of hydrogen-bond donors (Lipinski definition) is 3. The molecular formula is C27H37F2N3O4. The van der Waals surface area contributed by atoms with E-state index in [2.05, 4.69) is 16.7 Å². The van der Waals surface area contributed by atoms with E-state index >= 15 is 0 Å². The molecule has 2 aliphatic heterocycles. The summed E-state index contributed by atoms with van der Waals surface area (Å²) in [5.74, 6) is -2.90. The number of nitrogens with zero attached hydrogens (tertiary/aromatic N) is 1. The van der Waals surface area contributed by atoms with Crippen LogP contribution in [0.3, 0.4) is 0 Å². The third-order valence-electron chi connectivity index (χ3n) is 8.16. The summed E-state index contributed by atoms with van der Waals surface area (Å²) in [5, 5.41) is 13.1. The number of hydrogen-bond acceptors (Lipinski definition) is 5. The van der Waals surface area contributed by atoms with Crippen molar-refractivity contribution in [3.63, 3.8) is 0 Å². The molecule has 0 spiro atoms. The Morgan fingerprint density at radius 1 is 1.06 bits per heavy atom. The second kappa shape index (κ2) is 11.3. The molecule has 5 rings (SSSR count). The largest absolute Gasteiger partial charge is 0.400 e. The Kier molecular flexibility index (Phi) is 8.40. The molecule has 2 heterocycles.